The van der Waals surface area contributed by atoms with Gasteiger partial charge >= 0.3 is 12.1 Å². The standard InChI is InChI=1S/C16H20ClN3O7/c1-16(2,3)27-15(23)18-7-6-14(22)26-9-13(21)19-11-8-10(17)4-5-12(11)20(24)25/h4-5,8H,6-7,9H2,1-3H3,(H,18,23)(H,19,21). The van der Waals surface area contributed by atoms with Gasteiger partial charge in [-0.15, -0.1) is 0 Å². The number of rotatable bonds is 7. The highest BCUT2D eigenvalue weighted by molar-refractivity contribution is 6.31. The molecule has 2 amide bonds. The van der Waals surface area contributed by atoms with Gasteiger partial charge in [-0.1, -0.05) is 11.6 Å². The molecule has 0 atom stereocenters. The molecule has 11 heteroatoms. The summed E-state index contributed by atoms with van der Waals surface area (Å²) < 4.78 is 9.74. The number of hydrogen-bond donors (Lipinski definition) is 2. The number of nitrogens with one attached hydrogen (secondary N) is 2. The van der Waals surface area contributed by atoms with Crippen molar-refractivity contribution in [1.29, 1.82) is 0 Å². The summed E-state index contributed by atoms with van der Waals surface area (Å²) in [6.07, 6.45) is -0.856. The summed E-state index contributed by atoms with van der Waals surface area (Å²) in [4.78, 5) is 45.0. The van der Waals surface area contributed by atoms with E-state index in [0.29, 0.717) is 0 Å². The van der Waals surface area contributed by atoms with Crippen LogP contribution in [0.4, 0.5) is 16.2 Å². The van der Waals surface area contributed by atoms with Crippen LogP contribution in [-0.2, 0) is 19.1 Å². The van der Waals surface area contributed by atoms with E-state index in [-0.39, 0.29) is 29.4 Å². The van der Waals surface area contributed by atoms with Crippen LogP contribution in [0.15, 0.2) is 18.2 Å². The number of nitrogens with zero attached hydrogens (tertiary/aromatic N) is 1. The van der Waals surface area contributed by atoms with Crippen molar-refractivity contribution in [2.45, 2.75) is 32.8 Å². The van der Waals surface area contributed by atoms with Crippen molar-refractivity contribution in [3.05, 3.63) is 33.3 Å². The molecule has 27 heavy (non-hydrogen) atoms. The molecule has 0 fully saturated rings. The second-order valence-corrected chi connectivity index (χ2v) is 6.74. The molecule has 0 saturated heterocycles. The predicted molar refractivity (Wildman–Crippen MR) is 96.5 cm³/mol. The average molecular weight is 402 g/mol. The van der Waals surface area contributed by atoms with E-state index in [1.807, 2.05) is 0 Å². The quantitative estimate of drug-likeness (QED) is 0.407. The SMILES string of the molecule is CC(C)(C)OC(=O)NCCC(=O)OCC(=O)Nc1cc(Cl)ccc1[N+](=O)[O-]. The lowest BCUT2D eigenvalue weighted by molar-refractivity contribution is -0.383. The molecule has 1 aromatic carbocycles. The normalized spacial score (nSPS) is 10.7. The van der Waals surface area contributed by atoms with Gasteiger partial charge in [0, 0.05) is 17.6 Å². The summed E-state index contributed by atoms with van der Waals surface area (Å²) in [6.45, 7) is 4.42. The average Bonchev–Trinajstić information content (AvgIpc) is 2.51. The summed E-state index contributed by atoms with van der Waals surface area (Å²) >= 11 is 5.75. The number of benzene rings is 1. The molecule has 10 nitrogen and oxygen atoms in total. The first-order chi connectivity index (χ1) is 12.5. The fourth-order valence-corrected chi connectivity index (χ4v) is 1.92. The molecule has 148 valence electrons. The number of alkyl carbamates (subject to hydrolysis) is 1. The number of carbonyl (C=O) groups excluding carboxylic acids is 3. The van der Waals surface area contributed by atoms with Gasteiger partial charge in [0.25, 0.3) is 11.6 Å². The van der Waals surface area contributed by atoms with Crippen LogP contribution in [0.25, 0.3) is 0 Å². The van der Waals surface area contributed by atoms with Crippen molar-refractivity contribution in [2.75, 3.05) is 18.5 Å². The Hall–Kier alpha value is -2.88. The van der Waals surface area contributed by atoms with Gasteiger partial charge in [0.15, 0.2) is 6.61 Å². The van der Waals surface area contributed by atoms with Crippen LogP contribution >= 0.6 is 11.6 Å². The number of halogens is 1. The molecule has 0 saturated carbocycles. The fraction of sp³-hybridized carbons (Fsp3) is 0.438. The lowest BCUT2D eigenvalue weighted by Gasteiger charge is -2.19. The fourth-order valence-electron chi connectivity index (χ4n) is 1.75. The van der Waals surface area contributed by atoms with Crippen molar-refractivity contribution in [3.8, 4) is 0 Å². The van der Waals surface area contributed by atoms with Gasteiger partial charge in [-0.25, -0.2) is 4.79 Å². The summed E-state index contributed by atoms with van der Waals surface area (Å²) in [7, 11) is 0. The van der Waals surface area contributed by atoms with Crippen molar-refractivity contribution in [2.24, 2.45) is 0 Å². The Balaban J connectivity index is 2.40. The Bertz CT molecular complexity index is 731. The predicted octanol–water partition coefficient (Wildman–Crippen LogP) is 2.64. The molecular formula is C16H20ClN3O7. The summed E-state index contributed by atoms with van der Waals surface area (Å²) in [6, 6.07) is 3.67. The highest BCUT2D eigenvalue weighted by atomic mass is 35.5. The Morgan fingerprint density at radius 1 is 1.26 bits per heavy atom. The van der Waals surface area contributed by atoms with E-state index >= 15 is 0 Å². The first kappa shape index (κ1) is 22.2. The summed E-state index contributed by atoms with van der Waals surface area (Å²) in [5, 5.41) is 15.7. The Morgan fingerprint density at radius 2 is 1.93 bits per heavy atom. The maximum atomic E-state index is 11.8. The Kier molecular flexibility index (Phi) is 7.98. The van der Waals surface area contributed by atoms with E-state index in [2.05, 4.69) is 10.6 Å². The largest absolute Gasteiger partial charge is 0.456 e. The second kappa shape index (κ2) is 9.72. The lowest BCUT2D eigenvalue weighted by Crippen LogP contribution is -2.34. The zero-order chi connectivity index (χ0) is 20.6. The van der Waals surface area contributed by atoms with E-state index < -0.39 is 35.1 Å². The molecule has 0 aliphatic carbocycles. The minimum atomic E-state index is -0.770. The third kappa shape index (κ3) is 8.86. The van der Waals surface area contributed by atoms with Crippen LogP contribution in [0.3, 0.4) is 0 Å². The van der Waals surface area contributed by atoms with Gasteiger partial charge in [0.1, 0.15) is 11.3 Å². The Morgan fingerprint density at radius 3 is 2.52 bits per heavy atom. The molecule has 0 unspecified atom stereocenters. The van der Waals surface area contributed by atoms with E-state index in [4.69, 9.17) is 21.1 Å². The molecule has 2 N–H and O–H groups in total. The molecule has 1 aromatic rings. The summed E-state index contributed by atoms with van der Waals surface area (Å²) in [5.41, 5.74) is -1.12. The number of amides is 2. The van der Waals surface area contributed by atoms with Gasteiger partial charge in [0.2, 0.25) is 0 Å². The highest BCUT2D eigenvalue weighted by Gasteiger charge is 2.18. The van der Waals surface area contributed by atoms with Gasteiger partial charge in [-0.3, -0.25) is 19.7 Å². The topological polar surface area (TPSA) is 137 Å². The maximum absolute atomic E-state index is 11.8. The van der Waals surface area contributed by atoms with Crippen molar-refractivity contribution in [3.63, 3.8) is 0 Å². The molecule has 1 rings (SSSR count). The van der Waals surface area contributed by atoms with Crippen LogP contribution in [0.5, 0.6) is 0 Å². The van der Waals surface area contributed by atoms with Crippen LogP contribution in [-0.4, -0.2) is 41.6 Å². The minimum Gasteiger partial charge on any atom is -0.456 e. The number of nitro groups is 1. The third-order valence-corrected chi connectivity index (χ3v) is 3.03. The molecule has 0 radical (unpaired) electrons. The molecule has 0 aliphatic rings. The molecular weight excluding hydrogens is 382 g/mol. The number of esters is 1. The molecule has 0 heterocycles. The van der Waals surface area contributed by atoms with Crippen molar-refractivity contribution >= 4 is 40.9 Å². The van der Waals surface area contributed by atoms with E-state index in [0.717, 1.165) is 6.07 Å². The number of anilines is 1. The van der Waals surface area contributed by atoms with Crippen LogP contribution < -0.4 is 10.6 Å². The smallest absolute Gasteiger partial charge is 0.407 e. The number of carbonyl (C=O) groups is 3. The monoisotopic (exact) mass is 401 g/mol. The van der Waals surface area contributed by atoms with Crippen molar-refractivity contribution < 1.29 is 28.8 Å². The van der Waals surface area contributed by atoms with E-state index in [1.165, 1.54) is 12.1 Å². The molecule has 0 bridgehead atoms. The minimum absolute atomic E-state index is 0.0326. The lowest BCUT2D eigenvalue weighted by atomic mass is 10.2. The first-order valence-electron chi connectivity index (χ1n) is 7.84. The van der Waals surface area contributed by atoms with Gasteiger partial charge in [-0.05, 0) is 32.9 Å². The number of nitro benzene ring substituents is 1. The van der Waals surface area contributed by atoms with Crippen LogP contribution in [0, 0.1) is 10.1 Å². The molecule has 0 aromatic heterocycles. The third-order valence-electron chi connectivity index (χ3n) is 2.79. The van der Waals surface area contributed by atoms with E-state index in [9.17, 15) is 24.5 Å². The molecule has 0 spiro atoms. The van der Waals surface area contributed by atoms with Gasteiger partial charge < -0.3 is 20.1 Å². The van der Waals surface area contributed by atoms with Crippen LogP contribution in [0.2, 0.25) is 5.02 Å². The zero-order valence-electron chi connectivity index (χ0n) is 15.0. The molecule has 0 aliphatic heterocycles. The number of ether oxygens (including phenoxy) is 2. The maximum Gasteiger partial charge on any atom is 0.407 e. The highest BCUT2D eigenvalue weighted by Crippen LogP contribution is 2.27. The zero-order valence-corrected chi connectivity index (χ0v) is 15.8. The second-order valence-electron chi connectivity index (χ2n) is 6.31. The number of hydrogen-bond acceptors (Lipinski definition) is 7. The first-order valence-corrected chi connectivity index (χ1v) is 8.22. The van der Waals surface area contributed by atoms with Crippen LogP contribution in [0.1, 0.15) is 27.2 Å². The van der Waals surface area contributed by atoms with Gasteiger partial charge in [0.05, 0.1) is 11.3 Å². The van der Waals surface area contributed by atoms with Gasteiger partial charge in [-0.2, -0.15) is 0 Å². The Labute approximate surface area is 160 Å². The van der Waals surface area contributed by atoms with E-state index in [1.54, 1.807) is 20.8 Å². The van der Waals surface area contributed by atoms with Crippen molar-refractivity contribution in [1.82, 2.24) is 5.32 Å². The summed E-state index contributed by atoms with van der Waals surface area (Å²) in [5.74, 6) is -1.50.